The van der Waals surface area contributed by atoms with Crippen molar-refractivity contribution in [3.8, 4) is 0 Å². The SMILES string of the molecule is Cc1cc(NS(C)(=O)=O)c(C(=O)O)[nH]1. The van der Waals surface area contributed by atoms with Crippen molar-refractivity contribution < 1.29 is 18.3 Å². The van der Waals surface area contributed by atoms with Gasteiger partial charge in [-0.1, -0.05) is 0 Å². The smallest absolute Gasteiger partial charge is 0.354 e. The van der Waals surface area contributed by atoms with E-state index in [-0.39, 0.29) is 11.4 Å². The molecule has 0 atom stereocenters. The normalized spacial score (nSPS) is 11.3. The Morgan fingerprint density at radius 2 is 2.14 bits per heavy atom. The monoisotopic (exact) mass is 218 g/mol. The number of aromatic amines is 1. The average Bonchev–Trinajstić information content (AvgIpc) is 2.27. The number of nitrogens with one attached hydrogen (secondary N) is 2. The van der Waals surface area contributed by atoms with Gasteiger partial charge >= 0.3 is 5.97 Å². The van der Waals surface area contributed by atoms with E-state index in [0.717, 1.165) is 6.26 Å². The summed E-state index contributed by atoms with van der Waals surface area (Å²) >= 11 is 0. The van der Waals surface area contributed by atoms with Crippen molar-refractivity contribution in [2.75, 3.05) is 11.0 Å². The Kier molecular flexibility index (Phi) is 2.52. The molecular weight excluding hydrogens is 208 g/mol. The molecule has 7 heteroatoms. The summed E-state index contributed by atoms with van der Waals surface area (Å²) in [7, 11) is -3.45. The lowest BCUT2D eigenvalue weighted by molar-refractivity contribution is 0.0692. The van der Waals surface area contributed by atoms with Crippen molar-refractivity contribution in [3.05, 3.63) is 17.5 Å². The first kappa shape index (κ1) is 10.6. The molecule has 14 heavy (non-hydrogen) atoms. The molecule has 1 rings (SSSR count). The molecule has 0 bridgehead atoms. The van der Waals surface area contributed by atoms with Crippen molar-refractivity contribution in [3.63, 3.8) is 0 Å². The van der Waals surface area contributed by atoms with E-state index in [0.29, 0.717) is 5.69 Å². The van der Waals surface area contributed by atoms with Crippen molar-refractivity contribution in [1.29, 1.82) is 0 Å². The van der Waals surface area contributed by atoms with Crippen LogP contribution in [0.4, 0.5) is 5.69 Å². The molecule has 0 amide bonds. The number of aryl methyl sites for hydroxylation is 1. The molecule has 0 aromatic carbocycles. The van der Waals surface area contributed by atoms with Gasteiger partial charge in [0, 0.05) is 5.69 Å². The summed E-state index contributed by atoms with van der Waals surface area (Å²) in [5, 5.41) is 8.71. The second-order valence-corrected chi connectivity index (χ2v) is 4.67. The molecule has 0 unspecified atom stereocenters. The Balaban J connectivity index is 3.14. The predicted molar refractivity (Wildman–Crippen MR) is 51.0 cm³/mol. The number of aromatic carboxylic acids is 1. The lowest BCUT2D eigenvalue weighted by Gasteiger charge is -2.01. The van der Waals surface area contributed by atoms with Crippen LogP contribution in [0.15, 0.2) is 6.07 Å². The van der Waals surface area contributed by atoms with Gasteiger partial charge in [-0.3, -0.25) is 4.72 Å². The molecule has 3 N–H and O–H groups in total. The fraction of sp³-hybridized carbons (Fsp3) is 0.286. The fourth-order valence-corrected chi connectivity index (χ4v) is 1.60. The van der Waals surface area contributed by atoms with Gasteiger partial charge in [0.25, 0.3) is 0 Å². The zero-order chi connectivity index (χ0) is 10.9. The summed E-state index contributed by atoms with van der Waals surface area (Å²) in [6, 6.07) is 1.42. The standard InChI is InChI=1S/C7H10N2O4S/c1-4-3-5(9-14(2,12)13)6(8-4)7(10)11/h3,8-9H,1-2H3,(H,10,11). The second kappa shape index (κ2) is 3.33. The molecule has 0 saturated heterocycles. The van der Waals surface area contributed by atoms with Gasteiger partial charge in [0.15, 0.2) is 0 Å². The van der Waals surface area contributed by atoms with Crippen molar-refractivity contribution in [1.82, 2.24) is 4.98 Å². The lowest BCUT2D eigenvalue weighted by Crippen LogP contribution is -2.12. The van der Waals surface area contributed by atoms with Crippen LogP contribution in [0.3, 0.4) is 0 Å². The first-order chi connectivity index (χ1) is 6.29. The van der Waals surface area contributed by atoms with Crippen LogP contribution in [0.25, 0.3) is 0 Å². The van der Waals surface area contributed by atoms with Crippen LogP contribution in [0.1, 0.15) is 16.2 Å². The van der Waals surface area contributed by atoms with Crippen LogP contribution in [0, 0.1) is 6.92 Å². The highest BCUT2D eigenvalue weighted by molar-refractivity contribution is 7.92. The van der Waals surface area contributed by atoms with Crippen LogP contribution in [0.5, 0.6) is 0 Å². The van der Waals surface area contributed by atoms with Crippen LogP contribution < -0.4 is 4.72 Å². The summed E-state index contributed by atoms with van der Waals surface area (Å²) in [5.74, 6) is -1.20. The first-order valence-electron chi connectivity index (χ1n) is 3.70. The summed E-state index contributed by atoms with van der Waals surface area (Å²) in [6.45, 7) is 1.64. The maximum atomic E-state index is 10.9. The third kappa shape index (κ3) is 2.49. The molecule has 0 fully saturated rings. The molecule has 6 nitrogen and oxygen atoms in total. The average molecular weight is 218 g/mol. The molecule has 78 valence electrons. The highest BCUT2D eigenvalue weighted by Gasteiger charge is 2.15. The van der Waals surface area contributed by atoms with E-state index in [1.165, 1.54) is 6.07 Å². The van der Waals surface area contributed by atoms with Crippen LogP contribution in [-0.2, 0) is 10.0 Å². The topological polar surface area (TPSA) is 99.3 Å². The minimum Gasteiger partial charge on any atom is -0.477 e. The van der Waals surface area contributed by atoms with Crippen molar-refractivity contribution in [2.24, 2.45) is 0 Å². The van der Waals surface area contributed by atoms with E-state index in [1.807, 2.05) is 0 Å². The van der Waals surface area contributed by atoms with Gasteiger partial charge in [-0.2, -0.15) is 0 Å². The number of hydrogen-bond donors (Lipinski definition) is 3. The summed E-state index contributed by atoms with van der Waals surface area (Å²) in [5.41, 5.74) is 0.471. The second-order valence-electron chi connectivity index (χ2n) is 2.92. The molecular formula is C7H10N2O4S. The van der Waals surface area contributed by atoms with E-state index in [9.17, 15) is 13.2 Å². The minimum atomic E-state index is -3.45. The molecule has 0 aliphatic carbocycles. The maximum absolute atomic E-state index is 10.9. The van der Waals surface area contributed by atoms with Gasteiger partial charge in [-0.25, -0.2) is 13.2 Å². The molecule has 0 spiro atoms. The molecule has 0 saturated carbocycles. The summed E-state index contributed by atoms with van der Waals surface area (Å²) < 4.78 is 23.8. The van der Waals surface area contributed by atoms with E-state index < -0.39 is 16.0 Å². The molecule has 1 heterocycles. The number of carboxylic acid groups (broad SMARTS) is 1. The molecule has 0 aliphatic rings. The number of sulfonamides is 1. The van der Waals surface area contributed by atoms with E-state index in [4.69, 9.17) is 5.11 Å². The quantitative estimate of drug-likeness (QED) is 0.683. The Morgan fingerprint density at radius 1 is 1.57 bits per heavy atom. The Morgan fingerprint density at radius 3 is 2.57 bits per heavy atom. The molecule has 1 aromatic heterocycles. The maximum Gasteiger partial charge on any atom is 0.354 e. The van der Waals surface area contributed by atoms with Gasteiger partial charge in [0.05, 0.1) is 11.9 Å². The van der Waals surface area contributed by atoms with Gasteiger partial charge in [-0.15, -0.1) is 0 Å². The van der Waals surface area contributed by atoms with Gasteiger partial charge in [0.1, 0.15) is 5.69 Å². The number of carbonyl (C=O) groups is 1. The first-order valence-corrected chi connectivity index (χ1v) is 5.59. The van der Waals surface area contributed by atoms with Crippen molar-refractivity contribution in [2.45, 2.75) is 6.92 Å². The molecule has 0 radical (unpaired) electrons. The van der Waals surface area contributed by atoms with Crippen LogP contribution in [0.2, 0.25) is 0 Å². The zero-order valence-corrected chi connectivity index (χ0v) is 8.47. The molecule has 0 aliphatic heterocycles. The lowest BCUT2D eigenvalue weighted by atomic mass is 10.4. The van der Waals surface area contributed by atoms with Crippen molar-refractivity contribution >= 4 is 21.7 Å². The minimum absolute atomic E-state index is 0.0532. The predicted octanol–water partition coefficient (Wildman–Crippen LogP) is 0.393. The van der Waals surface area contributed by atoms with Gasteiger partial charge in [-0.05, 0) is 13.0 Å². The third-order valence-corrected chi connectivity index (χ3v) is 2.05. The van der Waals surface area contributed by atoms with E-state index >= 15 is 0 Å². The van der Waals surface area contributed by atoms with E-state index in [2.05, 4.69) is 9.71 Å². The zero-order valence-electron chi connectivity index (χ0n) is 7.66. The Hall–Kier alpha value is -1.50. The Labute approximate surface area is 81.0 Å². The van der Waals surface area contributed by atoms with Gasteiger partial charge < -0.3 is 10.1 Å². The number of rotatable bonds is 3. The summed E-state index contributed by atoms with van der Waals surface area (Å²) in [6.07, 6.45) is 0.959. The highest BCUT2D eigenvalue weighted by Crippen LogP contribution is 2.17. The number of H-pyrrole nitrogens is 1. The summed E-state index contributed by atoms with van der Waals surface area (Å²) in [4.78, 5) is 13.2. The number of carboxylic acids is 1. The van der Waals surface area contributed by atoms with Gasteiger partial charge in [0.2, 0.25) is 10.0 Å². The van der Waals surface area contributed by atoms with Crippen LogP contribution >= 0.6 is 0 Å². The highest BCUT2D eigenvalue weighted by atomic mass is 32.2. The number of hydrogen-bond acceptors (Lipinski definition) is 3. The number of anilines is 1. The molecule has 1 aromatic rings. The number of aromatic nitrogens is 1. The largest absolute Gasteiger partial charge is 0.477 e. The van der Waals surface area contributed by atoms with Crippen LogP contribution in [-0.4, -0.2) is 30.7 Å². The fourth-order valence-electron chi connectivity index (χ4n) is 1.04. The van der Waals surface area contributed by atoms with E-state index in [1.54, 1.807) is 6.92 Å². The third-order valence-electron chi connectivity index (χ3n) is 1.46. The Bertz CT molecular complexity index is 460.